The van der Waals surface area contributed by atoms with Crippen LogP contribution in [0.2, 0.25) is 5.02 Å². The highest BCUT2D eigenvalue weighted by Crippen LogP contribution is 2.33. The van der Waals surface area contributed by atoms with E-state index in [1.54, 1.807) is 7.11 Å². The average molecular weight is 343 g/mol. The van der Waals surface area contributed by atoms with Crippen LogP contribution in [0.3, 0.4) is 0 Å². The standard InChI is InChI=1S/C18H31ClN2O2/c1-5-11-23-18-13-16(19)15(12-17(18)22-4)14-20-9-8-10-21(6-2)7-3/h12-13,20H,5-11,14H2,1-4H3. The van der Waals surface area contributed by atoms with E-state index in [-0.39, 0.29) is 0 Å². The van der Waals surface area contributed by atoms with Gasteiger partial charge in [-0.05, 0) is 50.7 Å². The summed E-state index contributed by atoms with van der Waals surface area (Å²) in [5, 5.41) is 4.17. The Morgan fingerprint density at radius 2 is 1.87 bits per heavy atom. The lowest BCUT2D eigenvalue weighted by Gasteiger charge is -2.18. The highest BCUT2D eigenvalue weighted by atomic mass is 35.5. The van der Waals surface area contributed by atoms with Gasteiger partial charge in [0.05, 0.1) is 13.7 Å². The zero-order chi connectivity index (χ0) is 17.1. The molecule has 0 aliphatic heterocycles. The van der Waals surface area contributed by atoms with Crippen LogP contribution in [0, 0.1) is 0 Å². The zero-order valence-corrected chi connectivity index (χ0v) is 15.7. The number of ether oxygens (including phenoxy) is 2. The molecule has 0 aliphatic rings. The van der Waals surface area contributed by atoms with Gasteiger partial charge in [0.25, 0.3) is 0 Å². The molecule has 0 spiro atoms. The molecule has 0 radical (unpaired) electrons. The largest absolute Gasteiger partial charge is 0.493 e. The van der Waals surface area contributed by atoms with Crippen molar-refractivity contribution >= 4 is 11.6 Å². The van der Waals surface area contributed by atoms with Crippen molar-refractivity contribution in [1.82, 2.24) is 10.2 Å². The Labute approximate surface area is 146 Å². The Hall–Kier alpha value is -0.970. The van der Waals surface area contributed by atoms with Crippen molar-refractivity contribution in [3.63, 3.8) is 0 Å². The van der Waals surface area contributed by atoms with E-state index in [1.807, 2.05) is 12.1 Å². The molecule has 1 rings (SSSR count). The summed E-state index contributed by atoms with van der Waals surface area (Å²) in [5.41, 5.74) is 1.04. The van der Waals surface area contributed by atoms with Crippen molar-refractivity contribution in [3.8, 4) is 11.5 Å². The van der Waals surface area contributed by atoms with E-state index < -0.39 is 0 Å². The van der Waals surface area contributed by atoms with Crippen LogP contribution in [0.15, 0.2) is 12.1 Å². The van der Waals surface area contributed by atoms with E-state index in [4.69, 9.17) is 21.1 Å². The second-order valence-electron chi connectivity index (χ2n) is 5.50. The predicted molar refractivity (Wildman–Crippen MR) is 97.9 cm³/mol. The first-order valence-electron chi connectivity index (χ1n) is 8.58. The Kier molecular flexibility index (Phi) is 10.1. The lowest BCUT2D eigenvalue weighted by molar-refractivity contribution is 0.294. The van der Waals surface area contributed by atoms with Crippen LogP contribution in [0.4, 0.5) is 0 Å². The number of hydrogen-bond acceptors (Lipinski definition) is 4. The number of hydrogen-bond donors (Lipinski definition) is 1. The fourth-order valence-corrected chi connectivity index (χ4v) is 2.61. The number of rotatable bonds is 12. The van der Waals surface area contributed by atoms with Crippen molar-refractivity contribution in [3.05, 3.63) is 22.7 Å². The van der Waals surface area contributed by atoms with Crippen molar-refractivity contribution in [1.29, 1.82) is 0 Å². The average Bonchev–Trinajstić information content (AvgIpc) is 2.57. The highest BCUT2D eigenvalue weighted by Gasteiger charge is 2.10. The molecule has 23 heavy (non-hydrogen) atoms. The van der Waals surface area contributed by atoms with Crippen molar-refractivity contribution in [2.45, 2.75) is 40.2 Å². The molecule has 0 bridgehead atoms. The minimum atomic E-state index is 0.662. The molecular formula is C18H31ClN2O2. The van der Waals surface area contributed by atoms with E-state index in [0.717, 1.165) is 56.9 Å². The van der Waals surface area contributed by atoms with Gasteiger partial charge in [0.2, 0.25) is 0 Å². The molecule has 0 amide bonds. The van der Waals surface area contributed by atoms with Crippen molar-refractivity contribution in [2.75, 3.05) is 39.9 Å². The number of benzene rings is 1. The number of methoxy groups -OCH3 is 1. The van der Waals surface area contributed by atoms with Crippen LogP contribution in [-0.2, 0) is 6.54 Å². The maximum atomic E-state index is 6.36. The van der Waals surface area contributed by atoms with Crippen LogP contribution in [0.25, 0.3) is 0 Å². The molecule has 1 aromatic carbocycles. The molecule has 0 atom stereocenters. The van der Waals surface area contributed by atoms with Crippen LogP contribution in [0.5, 0.6) is 11.5 Å². The third-order valence-electron chi connectivity index (χ3n) is 3.83. The lowest BCUT2D eigenvalue weighted by atomic mass is 10.2. The van der Waals surface area contributed by atoms with E-state index in [9.17, 15) is 0 Å². The molecule has 1 N–H and O–H groups in total. The summed E-state index contributed by atoms with van der Waals surface area (Å²) in [4.78, 5) is 2.43. The normalized spacial score (nSPS) is 11.0. The van der Waals surface area contributed by atoms with E-state index >= 15 is 0 Å². The third-order valence-corrected chi connectivity index (χ3v) is 4.18. The number of nitrogens with zero attached hydrogens (tertiary/aromatic N) is 1. The fourth-order valence-electron chi connectivity index (χ4n) is 2.39. The molecule has 0 aromatic heterocycles. The Balaban J connectivity index is 2.50. The molecule has 0 fully saturated rings. The van der Waals surface area contributed by atoms with Gasteiger partial charge in [0, 0.05) is 17.6 Å². The monoisotopic (exact) mass is 342 g/mol. The minimum absolute atomic E-state index is 0.662. The number of halogens is 1. The summed E-state index contributed by atoms with van der Waals surface area (Å²) in [7, 11) is 1.66. The van der Waals surface area contributed by atoms with Crippen molar-refractivity contribution < 1.29 is 9.47 Å². The summed E-state index contributed by atoms with van der Waals surface area (Å²) in [6.45, 7) is 12.2. The maximum absolute atomic E-state index is 6.36. The third kappa shape index (κ3) is 6.98. The molecule has 0 saturated heterocycles. The first kappa shape index (κ1) is 20.1. The second-order valence-corrected chi connectivity index (χ2v) is 5.91. The maximum Gasteiger partial charge on any atom is 0.162 e. The van der Waals surface area contributed by atoms with Gasteiger partial charge in [0.15, 0.2) is 11.5 Å². The molecule has 0 unspecified atom stereocenters. The summed E-state index contributed by atoms with van der Waals surface area (Å²) in [6, 6.07) is 3.81. The summed E-state index contributed by atoms with van der Waals surface area (Å²) in [6.07, 6.45) is 2.09. The van der Waals surface area contributed by atoms with E-state index in [0.29, 0.717) is 17.4 Å². The molecule has 4 nitrogen and oxygen atoms in total. The van der Waals surface area contributed by atoms with Gasteiger partial charge in [-0.2, -0.15) is 0 Å². The Bertz CT molecular complexity index is 451. The van der Waals surface area contributed by atoms with E-state index in [2.05, 4.69) is 31.0 Å². The first-order valence-corrected chi connectivity index (χ1v) is 8.96. The highest BCUT2D eigenvalue weighted by molar-refractivity contribution is 6.31. The molecule has 5 heteroatoms. The summed E-state index contributed by atoms with van der Waals surface area (Å²) in [5.74, 6) is 1.45. The summed E-state index contributed by atoms with van der Waals surface area (Å²) < 4.78 is 11.1. The fraction of sp³-hybridized carbons (Fsp3) is 0.667. The predicted octanol–water partition coefficient (Wildman–Crippen LogP) is 3.96. The topological polar surface area (TPSA) is 33.7 Å². The first-order chi connectivity index (χ1) is 11.2. The molecular weight excluding hydrogens is 312 g/mol. The van der Waals surface area contributed by atoms with Gasteiger partial charge >= 0.3 is 0 Å². The number of nitrogens with one attached hydrogen (secondary N) is 1. The van der Waals surface area contributed by atoms with Crippen LogP contribution in [-0.4, -0.2) is 44.8 Å². The molecule has 0 aliphatic carbocycles. The lowest BCUT2D eigenvalue weighted by Crippen LogP contribution is -2.27. The molecule has 0 saturated carbocycles. The SMILES string of the molecule is CCCOc1cc(Cl)c(CNCCCN(CC)CC)cc1OC. The minimum Gasteiger partial charge on any atom is -0.493 e. The second kappa shape index (κ2) is 11.5. The molecule has 132 valence electrons. The van der Waals surface area contributed by atoms with Gasteiger partial charge in [0.1, 0.15) is 0 Å². The van der Waals surface area contributed by atoms with Crippen LogP contribution >= 0.6 is 11.6 Å². The zero-order valence-electron chi connectivity index (χ0n) is 15.0. The Morgan fingerprint density at radius 3 is 2.48 bits per heavy atom. The van der Waals surface area contributed by atoms with Gasteiger partial charge in [-0.25, -0.2) is 0 Å². The van der Waals surface area contributed by atoms with Gasteiger partial charge in [-0.1, -0.05) is 32.4 Å². The van der Waals surface area contributed by atoms with Crippen LogP contribution in [0.1, 0.15) is 39.2 Å². The van der Waals surface area contributed by atoms with Gasteiger partial charge < -0.3 is 19.7 Å². The van der Waals surface area contributed by atoms with Gasteiger partial charge in [-0.15, -0.1) is 0 Å². The molecule has 1 aromatic rings. The van der Waals surface area contributed by atoms with E-state index in [1.165, 1.54) is 0 Å². The summed E-state index contributed by atoms with van der Waals surface area (Å²) >= 11 is 6.36. The van der Waals surface area contributed by atoms with Crippen molar-refractivity contribution in [2.24, 2.45) is 0 Å². The molecule has 0 heterocycles. The Morgan fingerprint density at radius 1 is 1.13 bits per heavy atom. The van der Waals surface area contributed by atoms with Gasteiger partial charge in [-0.3, -0.25) is 0 Å². The smallest absolute Gasteiger partial charge is 0.162 e. The van der Waals surface area contributed by atoms with Crippen LogP contribution < -0.4 is 14.8 Å². The quantitative estimate of drug-likeness (QED) is 0.583.